The Morgan fingerprint density at radius 2 is 1.95 bits per heavy atom. The van der Waals surface area contributed by atoms with Crippen LogP contribution in [0, 0.1) is 5.92 Å². The smallest absolute Gasteiger partial charge is 0.0727 e. The van der Waals surface area contributed by atoms with Crippen LogP contribution in [-0.2, 0) is 17.9 Å². The van der Waals surface area contributed by atoms with E-state index in [1.54, 1.807) is 0 Å². The average Bonchev–Trinajstić information content (AvgIpc) is 2.37. The second-order valence-electron chi connectivity index (χ2n) is 7.12. The molecule has 0 aromatic heterocycles. The molecule has 0 unspecified atom stereocenters. The van der Waals surface area contributed by atoms with Gasteiger partial charge in [-0.05, 0) is 56.7 Å². The van der Waals surface area contributed by atoms with Crippen molar-refractivity contribution in [3.05, 3.63) is 33.8 Å². The van der Waals surface area contributed by atoms with Crippen molar-refractivity contribution in [1.29, 1.82) is 0 Å². The molecule has 0 radical (unpaired) electrons. The Hall–Kier alpha value is -0.380. The van der Waals surface area contributed by atoms with Crippen molar-refractivity contribution in [3.8, 4) is 0 Å². The summed E-state index contributed by atoms with van der Waals surface area (Å²) in [5, 5.41) is 3.50. The summed E-state index contributed by atoms with van der Waals surface area (Å²) in [5.41, 5.74) is 2.66. The van der Waals surface area contributed by atoms with E-state index in [0.29, 0.717) is 6.61 Å². The Balaban J connectivity index is 2.40. The first-order valence-corrected chi connectivity index (χ1v) is 8.67. The monoisotopic (exact) mass is 355 g/mol. The van der Waals surface area contributed by atoms with E-state index in [0.717, 1.165) is 30.0 Å². The van der Waals surface area contributed by atoms with Crippen LogP contribution in [0.1, 0.15) is 58.6 Å². The molecule has 0 amide bonds. The summed E-state index contributed by atoms with van der Waals surface area (Å²) < 4.78 is 6.90. The van der Waals surface area contributed by atoms with Gasteiger partial charge in [-0.2, -0.15) is 0 Å². The highest BCUT2D eigenvalue weighted by atomic mass is 79.9. The van der Waals surface area contributed by atoms with Gasteiger partial charge in [-0.1, -0.05) is 41.9 Å². The fraction of sp³-hybridized carbons (Fsp3) is 0.667. The summed E-state index contributed by atoms with van der Waals surface area (Å²) in [5.74, 6) is 0.759. The van der Waals surface area contributed by atoms with Gasteiger partial charge in [0.05, 0.1) is 6.61 Å². The SMILES string of the molecule is CC(C)CCCOCc1ccc(CNC(C)(C)C)cc1Br. The molecule has 0 aliphatic rings. The van der Waals surface area contributed by atoms with Crippen molar-refractivity contribution in [2.24, 2.45) is 5.92 Å². The highest BCUT2D eigenvalue weighted by Crippen LogP contribution is 2.20. The van der Waals surface area contributed by atoms with Crippen LogP contribution in [0.25, 0.3) is 0 Å². The molecule has 0 bridgehead atoms. The largest absolute Gasteiger partial charge is 0.377 e. The van der Waals surface area contributed by atoms with Crippen molar-refractivity contribution < 1.29 is 4.74 Å². The minimum absolute atomic E-state index is 0.144. The Morgan fingerprint density at radius 3 is 2.52 bits per heavy atom. The van der Waals surface area contributed by atoms with Crippen LogP contribution >= 0.6 is 15.9 Å². The molecule has 0 aliphatic carbocycles. The zero-order valence-corrected chi connectivity index (χ0v) is 15.7. The maximum Gasteiger partial charge on any atom is 0.0727 e. The number of hydrogen-bond donors (Lipinski definition) is 1. The molecule has 0 aliphatic heterocycles. The maximum atomic E-state index is 5.76. The molecule has 1 N–H and O–H groups in total. The van der Waals surface area contributed by atoms with Crippen LogP contribution in [0.5, 0.6) is 0 Å². The van der Waals surface area contributed by atoms with Crippen LogP contribution in [-0.4, -0.2) is 12.1 Å². The van der Waals surface area contributed by atoms with E-state index in [-0.39, 0.29) is 5.54 Å². The fourth-order valence-electron chi connectivity index (χ4n) is 1.96. The van der Waals surface area contributed by atoms with Crippen molar-refractivity contribution in [2.45, 2.75) is 66.2 Å². The normalized spacial score (nSPS) is 12.1. The molecule has 1 aromatic carbocycles. The molecule has 2 nitrogen and oxygen atoms in total. The molecule has 1 rings (SSSR count). The van der Waals surface area contributed by atoms with Gasteiger partial charge in [-0.25, -0.2) is 0 Å². The topological polar surface area (TPSA) is 21.3 Å². The van der Waals surface area contributed by atoms with Gasteiger partial charge >= 0.3 is 0 Å². The maximum absolute atomic E-state index is 5.76. The number of rotatable bonds is 8. The van der Waals surface area contributed by atoms with Crippen LogP contribution in [0.15, 0.2) is 22.7 Å². The lowest BCUT2D eigenvalue weighted by atomic mass is 10.1. The lowest BCUT2D eigenvalue weighted by Gasteiger charge is -2.20. The third kappa shape index (κ3) is 8.60. The van der Waals surface area contributed by atoms with Gasteiger partial charge in [0.1, 0.15) is 0 Å². The van der Waals surface area contributed by atoms with E-state index < -0.39 is 0 Å². The molecule has 0 saturated carbocycles. The van der Waals surface area contributed by atoms with Crippen LogP contribution in [0.2, 0.25) is 0 Å². The zero-order valence-electron chi connectivity index (χ0n) is 14.1. The summed E-state index contributed by atoms with van der Waals surface area (Å²) in [7, 11) is 0. The minimum Gasteiger partial charge on any atom is -0.377 e. The summed E-state index contributed by atoms with van der Waals surface area (Å²) in [6.07, 6.45) is 2.38. The van der Waals surface area contributed by atoms with Gasteiger partial charge in [0, 0.05) is 23.2 Å². The molecular formula is C18H30BrNO. The highest BCUT2D eigenvalue weighted by Gasteiger charge is 2.09. The van der Waals surface area contributed by atoms with Gasteiger partial charge in [0.15, 0.2) is 0 Å². The summed E-state index contributed by atoms with van der Waals surface area (Å²) in [6, 6.07) is 6.52. The number of ether oxygens (including phenoxy) is 1. The van der Waals surface area contributed by atoms with E-state index in [1.807, 2.05) is 0 Å². The summed E-state index contributed by atoms with van der Waals surface area (Å²) in [6.45, 7) is 13.5. The number of nitrogens with one attached hydrogen (secondary N) is 1. The standard InChI is InChI=1S/C18H30BrNO/c1-14(2)7-6-10-21-13-16-9-8-15(11-17(16)19)12-20-18(3,4)5/h8-9,11,14,20H,6-7,10,12-13H2,1-5H3. The molecule has 0 fully saturated rings. The summed E-state index contributed by atoms with van der Waals surface area (Å²) >= 11 is 3.65. The molecule has 120 valence electrons. The molecule has 0 saturated heterocycles. The Labute approximate surface area is 138 Å². The van der Waals surface area contributed by atoms with E-state index in [2.05, 4.69) is 74.1 Å². The average molecular weight is 356 g/mol. The molecule has 0 atom stereocenters. The quantitative estimate of drug-likeness (QED) is 0.639. The Bertz CT molecular complexity index is 424. The first-order valence-electron chi connectivity index (χ1n) is 7.88. The molecule has 21 heavy (non-hydrogen) atoms. The molecular weight excluding hydrogens is 326 g/mol. The van der Waals surface area contributed by atoms with Gasteiger partial charge in [0.2, 0.25) is 0 Å². The predicted octanol–water partition coefficient (Wildman–Crippen LogP) is 5.29. The number of hydrogen-bond acceptors (Lipinski definition) is 2. The van der Waals surface area contributed by atoms with Crippen LogP contribution < -0.4 is 5.32 Å². The molecule has 0 spiro atoms. The van der Waals surface area contributed by atoms with Crippen LogP contribution in [0.3, 0.4) is 0 Å². The Kier molecular flexibility index (Phi) is 7.93. The second-order valence-corrected chi connectivity index (χ2v) is 7.97. The molecule has 1 aromatic rings. The number of benzene rings is 1. The predicted molar refractivity (Wildman–Crippen MR) is 94.5 cm³/mol. The summed E-state index contributed by atoms with van der Waals surface area (Å²) in [4.78, 5) is 0. The second kappa shape index (κ2) is 8.92. The van der Waals surface area contributed by atoms with Gasteiger partial charge in [-0.15, -0.1) is 0 Å². The van der Waals surface area contributed by atoms with E-state index in [9.17, 15) is 0 Å². The van der Waals surface area contributed by atoms with Crippen molar-refractivity contribution in [2.75, 3.05) is 6.61 Å². The third-order valence-corrected chi connectivity index (χ3v) is 4.01. The van der Waals surface area contributed by atoms with Crippen LogP contribution in [0.4, 0.5) is 0 Å². The molecule has 3 heteroatoms. The van der Waals surface area contributed by atoms with Crippen molar-refractivity contribution in [1.82, 2.24) is 5.32 Å². The van der Waals surface area contributed by atoms with E-state index in [1.165, 1.54) is 17.5 Å². The van der Waals surface area contributed by atoms with Gasteiger partial charge in [-0.3, -0.25) is 0 Å². The van der Waals surface area contributed by atoms with E-state index >= 15 is 0 Å². The fourth-order valence-corrected chi connectivity index (χ4v) is 2.50. The van der Waals surface area contributed by atoms with Crippen molar-refractivity contribution in [3.63, 3.8) is 0 Å². The van der Waals surface area contributed by atoms with E-state index in [4.69, 9.17) is 4.74 Å². The molecule has 0 heterocycles. The third-order valence-electron chi connectivity index (χ3n) is 3.27. The minimum atomic E-state index is 0.144. The van der Waals surface area contributed by atoms with Gasteiger partial charge < -0.3 is 10.1 Å². The highest BCUT2D eigenvalue weighted by molar-refractivity contribution is 9.10. The first kappa shape index (κ1) is 18.7. The lowest BCUT2D eigenvalue weighted by Crippen LogP contribution is -2.35. The first-order chi connectivity index (χ1) is 9.78. The van der Waals surface area contributed by atoms with Crippen molar-refractivity contribution >= 4 is 15.9 Å². The Morgan fingerprint density at radius 1 is 1.24 bits per heavy atom. The number of halogens is 1. The van der Waals surface area contributed by atoms with Gasteiger partial charge in [0.25, 0.3) is 0 Å². The zero-order chi connectivity index (χ0) is 15.9. The lowest BCUT2D eigenvalue weighted by molar-refractivity contribution is 0.114.